The lowest BCUT2D eigenvalue weighted by Gasteiger charge is -2.11. The van der Waals surface area contributed by atoms with Gasteiger partial charge >= 0.3 is 10.1 Å². The summed E-state index contributed by atoms with van der Waals surface area (Å²) in [5, 5.41) is 3.81. The van der Waals surface area contributed by atoms with Crippen molar-refractivity contribution in [2.75, 3.05) is 7.11 Å². The fraction of sp³-hybridized carbons (Fsp3) is 0.0909. The number of hydrazone groups is 1. The molecule has 172 valence electrons. The number of benzene rings is 3. The van der Waals surface area contributed by atoms with Gasteiger partial charge in [-0.1, -0.05) is 56.8 Å². The Labute approximate surface area is 209 Å². The lowest BCUT2D eigenvalue weighted by molar-refractivity contribution is 0.0952. The van der Waals surface area contributed by atoms with E-state index in [2.05, 4.69) is 26.5 Å². The number of methoxy groups -OCH3 is 1. The number of rotatable bonds is 7. The summed E-state index contributed by atoms with van der Waals surface area (Å²) in [6.07, 6.45) is 1.30. The number of halogens is 3. The van der Waals surface area contributed by atoms with Gasteiger partial charge in [0.1, 0.15) is 10.6 Å². The predicted octanol–water partition coefficient (Wildman–Crippen LogP) is 5.60. The summed E-state index contributed by atoms with van der Waals surface area (Å²) in [7, 11) is -2.68. The minimum Gasteiger partial charge on any atom is -0.496 e. The minimum atomic E-state index is -4.13. The van der Waals surface area contributed by atoms with E-state index >= 15 is 0 Å². The summed E-state index contributed by atoms with van der Waals surface area (Å²) < 4.78 is 36.1. The third-order valence-electron chi connectivity index (χ3n) is 4.31. The fourth-order valence-corrected chi connectivity index (χ4v) is 4.68. The predicted molar refractivity (Wildman–Crippen MR) is 131 cm³/mol. The maximum atomic E-state index is 12.5. The van der Waals surface area contributed by atoms with E-state index in [0.29, 0.717) is 15.8 Å². The third kappa shape index (κ3) is 6.26. The Balaban J connectivity index is 1.76. The molecule has 7 nitrogen and oxygen atoms in total. The first-order valence-corrected chi connectivity index (χ1v) is 12.2. The molecule has 0 unspecified atom stereocenters. The molecular weight excluding hydrogens is 555 g/mol. The van der Waals surface area contributed by atoms with E-state index in [4.69, 9.17) is 32.1 Å². The molecule has 0 aliphatic heterocycles. The van der Waals surface area contributed by atoms with Crippen LogP contribution in [0.4, 0.5) is 0 Å². The SMILES string of the molecule is COc1ccc(Br)cc1C(=O)N/N=C\c1cc(Cl)c(OS(=O)(=O)c2ccc(C)cc2)c(Cl)c1. The zero-order valence-corrected chi connectivity index (χ0v) is 21.2. The van der Waals surface area contributed by atoms with Gasteiger partial charge in [-0.3, -0.25) is 4.79 Å². The van der Waals surface area contributed by atoms with Crippen LogP contribution in [0, 0.1) is 6.92 Å². The first-order chi connectivity index (χ1) is 15.6. The highest BCUT2D eigenvalue weighted by Crippen LogP contribution is 2.36. The van der Waals surface area contributed by atoms with Crippen molar-refractivity contribution in [1.82, 2.24) is 5.43 Å². The van der Waals surface area contributed by atoms with Gasteiger partial charge in [-0.15, -0.1) is 0 Å². The molecule has 0 spiro atoms. The largest absolute Gasteiger partial charge is 0.496 e. The summed E-state index contributed by atoms with van der Waals surface area (Å²) in [5.41, 5.74) is 3.98. The van der Waals surface area contributed by atoms with Crippen LogP contribution < -0.4 is 14.3 Å². The average Bonchev–Trinajstić information content (AvgIpc) is 2.76. The molecule has 1 amide bonds. The molecule has 0 atom stereocenters. The van der Waals surface area contributed by atoms with E-state index in [0.717, 1.165) is 5.56 Å². The summed E-state index contributed by atoms with van der Waals surface area (Å²) >= 11 is 15.7. The molecule has 0 aliphatic carbocycles. The zero-order valence-electron chi connectivity index (χ0n) is 17.3. The molecule has 0 saturated heterocycles. The summed E-state index contributed by atoms with van der Waals surface area (Å²) in [5.74, 6) is -0.321. The van der Waals surface area contributed by atoms with Crippen molar-refractivity contribution in [2.24, 2.45) is 5.10 Å². The van der Waals surface area contributed by atoms with Gasteiger partial charge in [0.15, 0.2) is 5.75 Å². The highest BCUT2D eigenvalue weighted by molar-refractivity contribution is 9.10. The van der Waals surface area contributed by atoms with Crippen molar-refractivity contribution in [1.29, 1.82) is 0 Å². The van der Waals surface area contributed by atoms with Gasteiger partial charge in [-0.25, -0.2) is 5.43 Å². The van der Waals surface area contributed by atoms with E-state index in [1.165, 1.54) is 37.6 Å². The molecule has 33 heavy (non-hydrogen) atoms. The molecule has 0 aliphatic rings. The van der Waals surface area contributed by atoms with Gasteiger partial charge in [0.25, 0.3) is 5.91 Å². The maximum absolute atomic E-state index is 12.5. The second-order valence-electron chi connectivity index (χ2n) is 6.71. The van der Waals surface area contributed by atoms with E-state index < -0.39 is 16.0 Å². The van der Waals surface area contributed by atoms with Crippen molar-refractivity contribution < 1.29 is 22.1 Å². The molecule has 3 aromatic rings. The van der Waals surface area contributed by atoms with Crippen molar-refractivity contribution in [3.63, 3.8) is 0 Å². The zero-order chi connectivity index (χ0) is 24.2. The smallest absolute Gasteiger partial charge is 0.339 e. The number of nitrogens with zero attached hydrogens (tertiary/aromatic N) is 1. The summed E-state index contributed by atoms with van der Waals surface area (Å²) in [6, 6.07) is 13.9. The molecule has 0 bridgehead atoms. The Morgan fingerprint density at radius 3 is 2.30 bits per heavy atom. The van der Waals surface area contributed by atoms with Crippen molar-refractivity contribution in [2.45, 2.75) is 11.8 Å². The minimum absolute atomic E-state index is 0.0310. The average molecular weight is 572 g/mol. The molecule has 0 aromatic heterocycles. The van der Waals surface area contributed by atoms with Gasteiger partial charge in [0.05, 0.1) is 28.9 Å². The molecule has 11 heteroatoms. The quantitative estimate of drug-likeness (QED) is 0.226. The van der Waals surface area contributed by atoms with Crippen LogP contribution in [0.3, 0.4) is 0 Å². The molecule has 0 saturated carbocycles. The summed E-state index contributed by atoms with van der Waals surface area (Å²) in [6.45, 7) is 1.84. The number of hydrogen-bond acceptors (Lipinski definition) is 6. The Hall–Kier alpha value is -2.59. The number of nitrogens with one attached hydrogen (secondary N) is 1. The van der Waals surface area contributed by atoms with Crippen LogP contribution in [-0.2, 0) is 10.1 Å². The van der Waals surface area contributed by atoms with Crippen LogP contribution in [0.2, 0.25) is 10.0 Å². The highest BCUT2D eigenvalue weighted by atomic mass is 79.9. The topological polar surface area (TPSA) is 94.1 Å². The maximum Gasteiger partial charge on any atom is 0.339 e. The Morgan fingerprint density at radius 1 is 1.06 bits per heavy atom. The second kappa shape index (κ2) is 10.6. The van der Waals surface area contributed by atoms with E-state index in [1.807, 2.05) is 6.92 Å². The number of carbonyl (C=O) groups excluding carboxylic acids is 1. The van der Waals surface area contributed by atoms with Crippen LogP contribution in [0.15, 0.2) is 69.1 Å². The first-order valence-electron chi connectivity index (χ1n) is 9.28. The molecule has 3 rings (SSSR count). The van der Waals surface area contributed by atoms with Gasteiger partial charge in [-0.2, -0.15) is 13.5 Å². The molecule has 1 N–H and O–H groups in total. The Morgan fingerprint density at radius 2 is 1.70 bits per heavy atom. The molecule has 0 radical (unpaired) electrons. The van der Waals surface area contributed by atoms with Crippen molar-refractivity contribution in [3.8, 4) is 11.5 Å². The van der Waals surface area contributed by atoms with Gasteiger partial charge in [0, 0.05) is 4.47 Å². The molecule has 3 aromatic carbocycles. The Bertz CT molecular complexity index is 1310. The fourth-order valence-electron chi connectivity index (χ4n) is 2.68. The molecule has 0 heterocycles. The lowest BCUT2D eigenvalue weighted by atomic mass is 10.2. The van der Waals surface area contributed by atoms with E-state index in [-0.39, 0.29) is 26.3 Å². The normalized spacial score (nSPS) is 11.4. The van der Waals surface area contributed by atoms with E-state index in [1.54, 1.807) is 30.3 Å². The number of carbonyl (C=O) groups is 1. The second-order valence-corrected chi connectivity index (χ2v) is 9.98. The lowest BCUT2D eigenvalue weighted by Crippen LogP contribution is -2.18. The van der Waals surface area contributed by atoms with Crippen LogP contribution in [0.1, 0.15) is 21.5 Å². The third-order valence-corrected chi connectivity index (χ3v) is 6.60. The van der Waals surface area contributed by atoms with Gasteiger partial charge in [-0.05, 0) is 55.0 Å². The molecule has 0 fully saturated rings. The highest BCUT2D eigenvalue weighted by Gasteiger charge is 2.21. The van der Waals surface area contributed by atoms with Crippen LogP contribution >= 0.6 is 39.1 Å². The molecular formula is C22H17BrCl2N2O5S. The number of amides is 1. The first kappa shape index (κ1) is 25.0. The van der Waals surface area contributed by atoms with E-state index in [9.17, 15) is 13.2 Å². The monoisotopic (exact) mass is 570 g/mol. The van der Waals surface area contributed by atoms with Crippen LogP contribution in [0.25, 0.3) is 0 Å². The van der Waals surface area contributed by atoms with Crippen LogP contribution in [-0.4, -0.2) is 27.6 Å². The summed E-state index contributed by atoms with van der Waals surface area (Å²) in [4.78, 5) is 12.4. The Kier molecular flexibility index (Phi) is 8.01. The van der Waals surface area contributed by atoms with Gasteiger partial charge in [0.2, 0.25) is 0 Å². The number of hydrogen-bond donors (Lipinski definition) is 1. The number of aryl methyl sites for hydroxylation is 1. The standard InChI is InChI=1S/C22H17BrCl2N2O5S/c1-13-3-6-16(7-4-13)33(29,30)32-21-18(24)9-14(10-19(21)25)12-26-27-22(28)17-11-15(23)5-8-20(17)31-2/h3-12H,1-2H3,(H,27,28)/b26-12-. The van der Waals surface area contributed by atoms with Crippen LogP contribution in [0.5, 0.6) is 11.5 Å². The number of ether oxygens (including phenoxy) is 1. The van der Waals surface area contributed by atoms with Gasteiger partial charge < -0.3 is 8.92 Å². The van der Waals surface area contributed by atoms with Crippen molar-refractivity contribution >= 4 is 61.4 Å². The van der Waals surface area contributed by atoms with Crippen molar-refractivity contribution in [3.05, 3.63) is 85.8 Å².